The van der Waals surface area contributed by atoms with Crippen LogP contribution in [0.5, 0.6) is 0 Å². The number of carbonyl (C=O) groups is 1. The molecule has 0 aliphatic carbocycles. The zero-order valence-electron chi connectivity index (χ0n) is 12.3. The highest BCUT2D eigenvalue weighted by Crippen LogP contribution is 2.28. The second kappa shape index (κ2) is 5.57. The third-order valence-corrected chi connectivity index (χ3v) is 3.49. The summed E-state index contributed by atoms with van der Waals surface area (Å²) < 4.78 is 6.23. The Morgan fingerprint density at radius 1 is 1.48 bits per heavy atom. The molecule has 6 heteroatoms. The number of nitrogens with zero attached hydrogens (tertiary/aromatic N) is 2. The van der Waals surface area contributed by atoms with Gasteiger partial charge in [-0.2, -0.15) is 5.26 Å². The van der Waals surface area contributed by atoms with Gasteiger partial charge >= 0.3 is 6.09 Å². The number of hydrogen-bond acceptors (Lipinski definition) is 4. The summed E-state index contributed by atoms with van der Waals surface area (Å²) in [5.41, 5.74) is -0.438. The zero-order valence-corrected chi connectivity index (χ0v) is 13.9. The summed E-state index contributed by atoms with van der Waals surface area (Å²) in [4.78, 5) is 13.4. The minimum absolute atomic E-state index is 0.310. The number of rotatable bonds is 2. The minimum atomic E-state index is -0.752. The second-order valence-corrected chi connectivity index (χ2v) is 7.08. The fraction of sp³-hybridized carbons (Fsp3) is 0.467. The number of nitrogens with one attached hydrogen (secondary N) is 1. The molecule has 1 amide bonds. The predicted molar refractivity (Wildman–Crippen MR) is 83.9 cm³/mol. The molecule has 0 atom stereocenters. The van der Waals surface area contributed by atoms with Gasteiger partial charge < -0.3 is 15.0 Å². The van der Waals surface area contributed by atoms with Crippen LogP contribution in [0.3, 0.4) is 0 Å². The molecule has 0 saturated carbocycles. The van der Waals surface area contributed by atoms with Crippen molar-refractivity contribution in [3.8, 4) is 6.07 Å². The number of anilines is 1. The second-order valence-electron chi connectivity index (χ2n) is 6.17. The van der Waals surface area contributed by atoms with Crippen molar-refractivity contribution in [2.24, 2.45) is 0 Å². The summed E-state index contributed by atoms with van der Waals surface area (Å²) in [7, 11) is 0. The number of benzene rings is 1. The number of carbonyl (C=O) groups excluding carboxylic acids is 1. The van der Waals surface area contributed by atoms with Gasteiger partial charge in [-0.1, -0.05) is 22.0 Å². The van der Waals surface area contributed by atoms with Crippen molar-refractivity contribution in [1.82, 2.24) is 4.90 Å². The first kappa shape index (κ1) is 15.6. The van der Waals surface area contributed by atoms with Crippen LogP contribution in [0.4, 0.5) is 10.5 Å². The van der Waals surface area contributed by atoms with Crippen LogP contribution in [0.15, 0.2) is 28.7 Å². The molecule has 1 aliphatic rings. The first-order valence-corrected chi connectivity index (χ1v) is 7.45. The van der Waals surface area contributed by atoms with Gasteiger partial charge in [0.15, 0.2) is 5.54 Å². The van der Waals surface area contributed by atoms with Crippen molar-refractivity contribution in [3.63, 3.8) is 0 Å². The molecule has 1 heterocycles. The lowest BCUT2D eigenvalue weighted by molar-refractivity contribution is 0.00356. The number of ether oxygens (including phenoxy) is 1. The lowest BCUT2D eigenvalue weighted by Crippen LogP contribution is -2.67. The van der Waals surface area contributed by atoms with Crippen LogP contribution in [0.2, 0.25) is 0 Å². The molecule has 1 aromatic rings. The Morgan fingerprint density at radius 3 is 2.67 bits per heavy atom. The molecule has 1 aliphatic heterocycles. The topological polar surface area (TPSA) is 65.4 Å². The average molecular weight is 352 g/mol. The first-order chi connectivity index (χ1) is 9.73. The van der Waals surface area contributed by atoms with Crippen LogP contribution in [0.1, 0.15) is 20.8 Å². The fourth-order valence-corrected chi connectivity index (χ4v) is 2.48. The van der Waals surface area contributed by atoms with E-state index in [1.54, 1.807) is 0 Å². The first-order valence-electron chi connectivity index (χ1n) is 6.66. The van der Waals surface area contributed by atoms with Gasteiger partial charge in [-0.15, -0.1) is 0 Å². The largest absolute Gasteiger partial charge is 0.444 e. The van der Waals surface area contributed by atoms with Crippen molar-refractivity contribution in [2.45, 2.75) is 31.9 Å². The Hall–Kier alpha value is -1.74. The lowest BCUT2D eigenvalue weighted by atomic mass is 9.91. The summed E-state index contributed by atoms with van der Waals surface area (Å²) in [6, 6.07) is 9.85. The molecule has 1 fully saturated rings. The highest BCUT2D eigenvalue weighted by Gasteiger charge is 2.47. The van der Waals surface area contributed by atoms with E-state index >= 15 is 0 Å². The molecule has 2 rings (SSSR count). The maximum absolute atomic E-state index is 11.9. The van der Waals surface area contributed by atoms with E-state index in [2.05, 4.69) is 27.3 Å². The van der Waals surface area contributed by atoms with Crippen LogP contribution in [0, 0.1) is 11.3 Å². The molecule has 1 saturated heterocycles. The maximum Gasteiger partial charge on any atom is 0.410 e. The fourth-order valence-electron chi connectivity index (χ4n) is 2.08. The van der Waals surface area contributed by atoms with Crippen LogP contribution in [0.25, 0.3) is 0 Å². The van der Waals surface area contributed by atoms with Gasteiger partial charge in [-0.05, 0) is 39.0 Å². The Morgan fingerprint density at radius 2 is 2.14 bits per heavy atom. The van der Waals surface area contributed by atoms with E-state index in [1.165, 1.54) is 4.90 Å². The van der Waals surface area contributed by atoms with Gasteiger partial charge in [0.2, 0.25) is 0 Å². The molecule has 1 N–H and O–H groups in total. The van der Waals surface area contributed by atoms with E-state index in [-0.39, 0.29) is 6.09 Å². The Balaban J connectivity index is 1.98. The van der Waals surface area contributed by atoms with Crippen molar-refractivity contribution < 1.29 is 9.53 Å². The molecule has 5 nitrogen and oxygen atoms in total. The summed E-state index contributed by atoms with van der Waals surface area (Å²) in [6.45, 7) is 6.09. The Kier molecular flexibility index (Phi) is 4.15. The van der Waals surface area contributed by atoms with Gasteiger partial charge in [0, 0.05) is 10.2 Å². The van der Waals surface area contributed by atoms with E-state index < -0.39 is 11.1 Å². The summed E-state index contributed by atoms with van der Waals surface area (Å²) in [5.74, 6) is 0. The van der Waals surface area contributed by atoms with Gasteiger partial charge in [-0.25, -0.2) is 4.79 Å². The smallest absolute Gasteiger partial charge is 0.410 e. The normalized spacial score (nSPS) is 16.6. The number of halogens is 1. The molecule has 112 valence electrons. The number of nitriles is 1. The van der Waals surface area contributed by atoms with E-state index in [0.29, 0.717) is 13.1 Å². The van der Waals surface area contributed by atoms with Crippen molar-refractivity contribution in [2.75, 3.05) is 18.4 Å². The molecule has 21 heavy (non-hydrogen) atoms. The van der Waals surface area contributed by atoms with Crippen molar-refractivity contribution in [1.29, 1.82) is 5.26 Å². The van der Waals surface area contributed by atoms with Gasteiger partial charge in [-0.3, -0.25) is 0 Å². The summed E-state index contributed by atoms with van der Waals surface area (Å²) >= 11 is 3.39. The highest BCUT2D eigenvalue weighted by molar-refractivity contribution is 9.10. The van der Waals surface area contributed by atoms with E-state index in [4.69, 9.17) is 4.74 Å². The zero-order chi connectivity index (χ0) is 15.7. The molecule has 0 aromatic heterocycles. The van der Waals surface area contributed by atoms with Gasteiger partial charge in [0.25, 0.3) is 0 Å². The van der Waals surface area contributed by atoms with Gasteiger partial charge in [0.1, 0.15) is 5.60 Å². The molecular weight excluding hydrogens is 334 g/mol. The Labute approximate surface area is 133 Å². The molecule has 0 unspecified atom stereocenters. The van der Waals surface area contributed by atoms with Crippen LogP contribution >= 0.6 is 15.9 Å². The van der Waals surface area contributed by atoms with Crippen LogP contribution in [-0.4, -0.2) is 35.2 Å². The summed E-state index contributed by atoms with van der Waals surface area (Å²) in [5, 5.41) is 12.6. The maximum atomic E-state index is 11.9. The van der Waals surface area contributed by atoms with Gasteiger partial charge in [0.05, 0.1) is 19.2 Å². The van der Waals surface area contributed by atoms with Crippen molar-refractivity contribution in [3.05, 3.63) is 28.7 Å². The van der Waals surface area contributed by atoms with Crippen LogP contribution < -0.4 is 5.32 Å². The molecule has 0 radical (unpaired) electrons. The summed E-state index contributed by atoms with van der Waals surface area (Å²) in [6.07, 6.45) is -0.385. The molecule has 1 aromatic carbocycles. The molecule has 0 spiro atoms. The van der Waals surface area contributed by atoms with E-state index in [0.717, 1.165) is 10.2 Å². The Bertz CT molecular complexity index is 583. The number of likely N-dealkylation sites (tertiary alicyclic amines) is 1. The standard InChI is InChI=1S/C15H18BrN3O2/c1-14(2,3)21-13(20)19-9-15(8-17,10-19)18-12-6-4-5-11(16)7-12/h4-7,18H,9-10H2,1-3H3. The molecule has 0 bridgehead atoms. The average Bonchev–Trinajstić information content (AvgIpc) is 2.31. The third kappa shape index (κ3) is 3.88. The van der Waals surface area contributed by atoms with Crippen LogP contribution in [-0.2, 0) is 4.74 Å². The molecular formula is C15H18BrN3O2. The monoisotopic (exact) mass is 351 g/mol. The van der Waals surface area contributed by atoms with E-state index in [9.17, 15) is 10.1 Å². The third-order valence-electron chi connectivity index (χ3n) is 3.00. The quantitative estimate of drug-likeness (QED) is 0.886. The number of hydrogen-bond donors (Lipinski definition) is 1. The number of amides is 1. The van der Waals surface area contributed by atoms with E-state index in [1.807, 2.05) is 45.0 Å². The van der Waals surface area contributed by atoms with Crippen molar-refractivity contribution >= 4 is 27.7 Å². The SMILES string of the molecule is CC(C)(C)OC(=O)N1CC(C#N)(Nc2cccc(Br)c2)C1. The predicted octanol–water partition coefficient (Wildman–Crippen LogP) is 3.37. The lowest BCUT2D eigenvalue weighted by Gasteiger charge is -2.46. The highest BCUT2D eigenvalue weighted by atomic mass is 79.9. The minimum Gasteiger partial charge on any atom is -0.444 e.